The van der Waals surface area contributed by atoms with Gasteiger partial charge < -0.3 is 13.9 Å². The van der Waals surface area contributed by atoms with Crippen molar-refractivity contribution in [3.05, 3.63) is 86.4 Å². The summed E-state index contributed by atoms with van der Waals surface area (Å²) >= 11 is 15.5. The van der Waals surface area contributed by atoms with E-state index in [2.05, 4.69) is 30.9 Å². The fourth-order valence-corrected chi connectivity index (χ4v) is 3.93. The Kier molecular flexibility index (Phi) is 7.11. The van der Waals surface area contributed by atoms with Crippen LogP contribution < -0.4 is 9.47 Å². The normalized spacial score (nSPS) is 11.1. The lowest BCUT2D eigenvalue weighted by molar-refractivity contribution is -0.0498. The molecule has 0 atom stereocenters. The summed E-state index contributed by atoms with van der Waals surface area (Å²) in [7, 11) is 0. The molecular weight excluding hydrogens is 548 g/mol. The lowest BCUT2D eigenvalue weighted by Gasteiger charge is -2.12. The van der Waals surface area contributed by atoms with Gasteiger partial charge in [0.1, 0.15) is 11.5 Å². The molecule has 0 aliphatic carbocycles. The summed E-state index contributed by atoms with van der Waals surface area (Å²) < 4.78 is 56.3. The van der Waals surface area contributed by atoms with Crippen LogP contribution in [0, 0.1) is 5.82 Å². The van der Waals surface area contributed by atoms with Gasteiger partial charge in [-0.05, 0) is 42.5 Å². The number of ether oxygens (including phenoxy) is 2. The second-order valence-corrected chi connectivity index (χ2v) is 8.40. The maximum atomic E-state index is 15.2. The van der Waals surface area contributed by atoms with E-state index in [9.17, 15) is 8.78 Å². The molecule has 170 valence electrons. The molecular formula is C22H12BrCl2F3N2O3. The minimum atomic E-state index is -2.96. The Morgan fingerprint density at radius 3 is 2.58 bits per heavy atom. The van der Waals surface area contributed by atoms with Crippen LogP contribution in [0.4, 0.5) is 13.2 Å². The van der Waals surface area contributed by atoms with Crippen molar-refractivity contribution in [1.82, 2.24) is 10.2 Å². The first-order valence-corrected chi connectivity index (χ1v) is 10.8. The number of aromatic nitrogens is 2. The van der Waals surface area contributed by atoms with Gasteiger partial charge >= 0.3 is 6.61 Å². The average molecular weight is 560 g/mol. The third-order valence-corrected chi connectivity index (χ3v) is 5.27. The van der Waals surface area contributed by atoms with Crippen LogP contribution in [-0.4, -0.2) is 16.8 Å². The van der Waals surface area contributed by atoms with E-state index < -0.39 is 12.4 Å². The Bertz CT molecular complexity index is 1280. The Hall–Kier alpha value is -2.75. The highest BCUT2D eigenvalue weighted by atomic mass is 79.9. The van der Waals surface area contributed by atoms with E-state index in [0.29, 0.717) is 20.8 Å². The van der Waals surface area contributed by atoms with E-state index in [0.717, 1.165) is 0 Å². The zero-order valence-electron chi connectivity index (χ0n) is 16.4. The molecule has 0 aliphatic heterocycles. The SMILES string of the molecule is Fc1c(Cc2nnc(-c3cccc(OC(F)F)c3)o2)ccc(Cl)c1Oc1cc(Cl)cc(Br)c1. The quantitative estimate of drug-likeness (QED) is 0.230. The molecule has 11 heteroatoms. The third-order valence-electron chi connectivity index (χ3n) is 4.30. The molecule has 0 N–H and O–H groups in total. The Balaban J connectivity index is 1.57. The Labute approximate surface area is 204 Å². The fourth-order valence-electron chi connectivity index (χ4n) is 2.92. The molecule has 0 spiro atoms. The third kappa shape index (κ3) is 5.79. The van der Waals surface area contributed by atoms with Gasteiger partial charge in [-0.2, -0.15) is 8.78 Å². The maximum absolute atomic E-state index is 15.2. The first kappa shape index (κ1) is 23.4. The summed E-state index contributed by atoms with van der Waals surface area (Å²) in [5, 5.41) is 8.27. The van der Waals surface area contributed by atoms with Crippen molar-refractivity contribution in [2.24, 2.45) is 0 Å². The summed E-state index contributed by atoms with van der Waals surface area (Å²) in [5.74, 6) is -0.480. The minimum absolute atomic E-state index is 0.0551. The molecule has 0 fully saturated rings. The minimum Gasteiger partial charge on any atom is -0.453 e. The first-order valence-electron chi connectivity index (χ1n) is 9.27. The smallest absolute Gasteiger partial charge is 0.387 e. The lowest BCUT2D eigenvalue weighted by Crippen LogP contribution is -2.01. The average Bonchev–Trinajstić information content (AvgIpc) is 3.21. The van der Waals surface area contributed by atoms with Crippen molar-refractivity contribution in [2.45, 2.75) is 13.0 Å². The van der Waals surface area contributed by atoms with Crippen LogP contribution in [0.2, 0.25) is 10.0 Å². The van der Waals surface area contributed by atoms with Gasteiger partial charge in [-0.15, -0.1) is 10.2 Å². The second-order valence-electron chi connectivity index (χ2n) is 6.64. The summed E-state index contributed by atoms with van der Waals surface area (Å²) in [6.07, 6.45) is -0.0567. The largest absolute Gasteiger partial charge is 0.453 e. The van der Waals surface area contributed by atoms with Crippen molar-refractivity contribution in [1.29, 1.82) is 0 Å². The van der Waals surface area contributed by atoms with Gasteiger partial charge in [0.05, 0.1) is 11.4 Å². The molecule has 0 amide bonds. The van der Waals surface area contributed by atoms with E-state index in [1.54, 1.807) is 18.2 Å². The van der Waals surface area contributed by atoms with Gasteiger partial charge in [-0.3, -0.25) is 0 Å². The summed E-state index contributed by atoms with van der Waals surface area (Å²) in [4.78, 5) is 0. The van der Waals surface area contributed by atoms with Gasteiger partial charge in [-0.25, -0.2) is 4.39 Å². The Morgan fingerprint density at radius 1 is 1.00 bits per heavy atom. The van der Waals surface area contributed by atoms with Crippen LogP contribution in [0.25, 0.3) is 11.5 Å². The molecule has 5 nitrogen and oxygen atoms in total. The highest BCUT2D eigenvalue weighted by molar-refractivity contribution is 9.10. The predicted molar refractivity (Wildman–Crippen MR) is 120 cm³/mol. The highest BCUT2D eigenvalue weighted by Gasteiger charge is 2.18. The van der Waals surface area contributed by atoms with E-state index in [4.69, 9.17) is 32.4 Å². The van der Waals surface area contributed by atoms with Gasteiger partial charge in [0.25, 0.3) is 0 Å². The highest BCUT2D eigenvalue weighted by Crippen LogP contribution is 2.36. The maximum Gasteiger partial charge on any atom is 0.387 e. The molecule has 1 aromatic heterocycles. The van der Waals surface area contributed by atoms with Crippen LogP contribution in [0.1, 0.15) is 11.5 Å². The molecule has 0 radical (unpaired) electrons. The van der Waals surface area contributed by atoms with Crippen molar-refractivity contribution in [3.63, 3.8) is 0 Å². The van der Waals surface area contributed by atoms with Crippen molar-refractivity contribution in [2.75, 3.05) is 0 Å². The summed E-state index contributed by atoms with van der Waals surface area (Å²) in [5.41, 5.74) is 0.569. The fraction of sp³-hybridized carbons (Fsp3) is 0.0909. The Morgan fingerprint density at radius 2 is 1.82 bits per heavy atom. The van der Waals surface area contributed by atoms with Crippen molar-refractivity contribution in [3.8, 4) is 28.7 Å². The molecule has 0 aliphatic rings. The van der Waals surface area contributed by atoms with Gasteiger partial charge in [0.2, 0.25) is 11.8 Å². The standard InChI is InChI=1S/C22H12BrCl2F3N2O3/c23-13-8-14(24)10-16(9-13)31-20-17(25)5-4-11(19(20)26)7-18-29-30-21(33-18)12-2-1-3-15(6-12)32-22(27)28/h1-6,8-10,22H,7H2. The number of nitrogens with zero attached hydrogens (tertiary/aromatic N) is 2. The molecule has 0 bridgehead atoms. The van der Waals surface area contributed by atoms with Gasteiger partial charge in [-0.1, -0.05) is 51.3 Å². The van der Waals surface area contributed by atoms with Gasteiger partial charge in [0.15, 0.2) is 11.6 Å². The number of alkyl halides is 2. The van der Waals surface area contributed by atoms with Crippen molar-refractivity contribution < 1.29 is 27.1 Å². The molecule has 0 unspecified atom stereocenters. The number of halogens is 6. The zero-order valence-corrected chi connectivity index (χ0v) is 19.5. The number of hydrogen-bond donors (Lipinski definition) is 0. The predicted octanol–water partition coefficient (Wildman–Crippen LogP) is 7.93. The molecule has 3 aromatic carbocycles. The van der Waals surface area contributed by atoms with Gasteiger partial charge in [0, 0.05) is 20.6 Å². The number of benzene rings is 3. The van der Waals surface area contributed by atoms with E-state index in [-0.39, 0.29) is 40.3 Å². The molecule has 0 saturated carbocycles. The van der Waals surface area contributed by atoms with E-state index >= 15 is 4.39 Å². The summed E-state index contributed by atoms with van der Waals surface area (Å²) in [6, 6.07) is 13.6. The monoisotopic (exact) mass is 558 g/mol. The zero-order chi connectivity index (χ0) is 23.5. The van der Waals surface area contributed by atoms with E-state index in [1.165, 1.54) is 36.4 Å². The van der Waals surface area contributed by atoms with Crippen LogP contribution >= 0.6 is 39.1 Å². The second kappa shape index (κ2) is 10.0. The number of rotatable bonds is 7. The van der Waals surface area contributed by atoms with Crippen LogP contribution in [0.5, 0.6) is 17.2 Å². The van der Waals surface area contributed by atoms with Crippen LogP contribution in [-0.2, 0) is 6.42 Å². The lowest BCUT2D eigenvalue weighted by atomic mass is 10.1. The topological polar surface area (TPSA) is 57.4 Å². The van der Waals surface area contributed by atoms with E-state index in [1.807, 2.05) is 0 Å². The van der Waals surface area contributed by atoms with Crippen LogP contribution in [0.15, 0.2) is 63.5 Å². The first-order chi connectivity index (χ1) is 15.8. The molecule has 4 rings (SSSR count). The van der Waals surface area contributed by atoms with Crippen molar-refractivity contribution >= 4 is 39.1 Å². The number of hydrogen-bond acceptors (Lipinski definition) is 5. The van der Waals surface area contributed by atoms with Crippen LogP contribution in [0.3, 0.4) is 0 Å². The molecule has 33 heavy (non-hydrogen) atoms. The molecule has 0 saturated heterocycles. The summed E-state index contributed by atoms with van der Waals surface area (Å²) in [6.45, 7) is -2.96. The molecule has 1 heterocycles. The molecule has 4 aromatic rings.